The van der Waals surface area contributed by atoms with Gasteiger partial charge in [-0.1, -0.05) is 22.9 Å². The van der Waals surface area contributed by atoms with Crippen LogP contribution in [0.25, 0.3) is 0 Å². The molecule has 1 aliphatic rings. The Hall–Kier alpha value is -0.700. The van der Waals surface area contributed by atoms with Crippen molar-refractivity contribution in [1.82, 2.24) is 0 Å². The minimum absolute atomic E-state index is 0.572. The van der Waals surface area contributed by atoms with Crippen molar-refractivity contribution >= 4 is 27.3 Å². The highest BCUT2D eigenvalue weighted by Crippen LogP contribution is 2.36. The SMILES string of the molecule is CCC1CN(C)c2cc(Br)cc(C)c2N1. The van der Waals surface area contributed by atoms with Gasteiger partial charge in [-0.3, -0.25) is 0 Å². The number of hydrogen-bond donors (Lipinski definition) is 1. The van der Waals surface area contributed by atoms with Crippen molar-refractivity contribution in [2.24, 2.45) is 0 Å². The second kappa shape index (κ2) is 4.05. The van der Waals surface area contributed by atoms with Gasteiger partial charge in [0.1, 0.15) is 0 Å². The maximum atomic E-state index is 3.61. The molecular formula is C12H17BrN2. The van der Waals surface area contributed by atoms with Crippen LogP contribution in [-0.4, -0.2) is 19.6 Å². The number of anilines is 2. The lowest BCUT2D eigenvalue weighted by atomic mass is 10.1. The highest BCUT2D eigenvalue weighted by atomic mass is 79.9. The quantitative estimate of drug-likeness (QED) is 0.840. The van der Waals surface area contributed by atoms with Crippen molar-refractivity contribution in [3.05, 3.63) is 22.2 Å². The molecule has 0 saturated carbocycles. The molecule has 0 radical (unpaired) electrons. The minimum atomic E-state index is 0.572. The van der Waals surface area contributed by atoms with E-state index in [1.165, 1.54) is 23.4 Å². The van der Waals surface area contributed by atoms with E-state index in [-0.39, 0.29) is 0 Å². The molecule has 0 aliphatic carbocycles. The first-order valence-corrected chi connectivity index (χ1v) is 6.19. The van der Waals surface area contributed by atoms with Gasteiger partial charge < -0.3 is 10.2 Å². The molecule has 0 amide bonds. The van der Waals surface area contributed by atoms with Crippen molar-refractivity contribution in [3.63, 3.8) is 0 Å². The maximum Gasteiger partial charge on any atom is 0.0614 e. The molecule has 0 bridgehead atoms. The molecule has 1 N–H and O–H groups in total. The summed E-state index contributed by atoms with van der Waals surface area (Å²) in [5.41, 5.74) is 3.90. The zero-order valence-electron chi connectivity index (χ0n) is 9.47. The summed E-state index contributed by atoms with van der Waals surface area (Å²) < 4.78 is 1.15. The number of aryl methyl sites for hydroxylation is 1. The van der Waals surface area contributed by atoms with Gasteiger partial charge in [0.15, 0.2) is 0 Å². The van der Waals surface area contributed by atoms with Crippen LogP contribution < -0.4 is 10.2 Å². The molecule has 1 aromatic rings. The predicted molar refractivity (Wildman–Crippen MR) is 69.9 cm³/mol. The average Bonchev–Trinajstić information content (AvgIpc) is 2.19. The fraction of sp³-hybridized carbons (Fsp3) is 0.500. The molecule has 0 fully saturated rings. The van der Waals surface area contributed by atoms with E-state index in [9.17, 15) is 0 Å². The van der Waals surface area contributed by atoms with E-state index >= 15 is 0 Å². The van der Waals surface area contributed by atoms with Crippen LogP contribution in [0.5, 0.6) is 0 Å². The minimum Gasteiger partial charge on any atom is -0.379 e. The van der Waals surface area contributed by atoms with E-state index < -0.39 is 0 Å². The molecule has 2 rings (SSSR count). The molecule has 0 aromatic heterocycles. The van der Waals surface area contributed by atoms with Gasteiger partial charge in [-0.05, 0) is 31.0 Å². The summed E-state index contributed by atoms with van der Waals surface area (Å²) in [6.07, 6.45) is 1.17. The molecule has 0 spiro atoms. The largest absolute Gasteiger partial charge is 0.379 e. The summed E-state index contributed by atoms with van der Waals surface area (Å²) in [6.45, 7) is 5.46. The molecule has 1 unspecified atom stereocenters. The van der Waals surface area contributed by atoms with E-state index in [0.29, 0.717) is 6.04 Å². The average molecular weight is 269 g/mol. The predicted octanol–water partition coefficient (Wildman–Crippen LogP) is 3.40. The number of nitrogens with one attached hydrogen (secondary N) is 1. The van der Waals surface area contributed by atoms with Crippen molar-refractivity contribution in [2.75, 3.05) is 23.8 Å². The normalized spacial score (nSPS) is 19.7. The van der Waals surface area contributed by atoms with Gasteiger partial charge in [0.2, 0.25) is 0 Å². The highest BCUT2D eigenvalue weighted by Gasteiger charge is 2.21. The second-order valence-electron chi connectivity index (χ2n) is 4.25. The van der Waals surface area contributed by atoms with Gasteiger partial charge >= 0.3 is 0 Å². The first-order valence-electron chi connectivity index (χ1n) is 5.39. The van der Waals surface area contributed by atoms with Crippen molar-refractivity contribution in [2.45, 2.75) is 26.3 Å². The number of nitrogens with zero attached hydrogens (tertiary/aromatic N) is 1. The molecule has 2 nitrogen and oxygen atoms in total. The van der Waals surface area contributed by atoms with Gasteiger partial charge in [-0.15, -0.1) is 0 Å². The summed E-state index contributed by atoms with van der Waals surface area (Å²) in [6, 6.07) is 4.92. The third-order valence-corrected chi connectivity index (χ3v) is 3.48. The highest BCUT2D eigenvalue weighted by molar-refractivity contribution is 9.10. The summed E-state index contributed by atoms with van der Waals surface area (Å²) in [4.78, 5) is 2.33. The standard InChI is InChI=1S/C12H17BrN2/c1-4-10-7-15(3)11-6-9(13)5-8(2)12(11)14-10/h5-6,10,14H,4,7H2,1-3H3. The number of rotatable bonds is 1. The monoisotopic (exact) mass is 268 g/mol. The summed E-state index contributed by atoms with van der Waals surface area (Å²) >= 11 is 3.55. The molecule has 0 saturated heterocycles. The first-order chi connectivity index (χ1) is 7.11. The third-order valence-electron chi connectivity index (χ3n) is 3.03. The Kier molecular flexibility index (Phi) is 2.91. The Labute approximate surface area is 99.8 Å². The molecular weight excluding hydrogens is 252 g/mol. The first kappa shape index (κ1) is 10.8. The van der Waals surface area contributed by atoms with Gasteiger partial charge in [-0.2, -0.15) is 0 Å². The van der Waals surface area contributed by atoms with E-state index in [0.717, 1.165) is 11.0 Å². The third kappa shape index (κ3) is 1.98. The van der Waals surface area contributed by atoms with E-state index in [1.807, 2.05) is 0 Å². The van der Waals surface area contributed by atoms with E-state index in [2.05, 4.69) is 59.2 Å². The summed E-state index contributed by atoms with van der Waals surface area (Å²) in [7, 11) is 2.16. The Balaban J connectivity index is 2.45. The van der Waals surface area contributed by atoms with Gasteiger partial charge in [-0.25, -0.2) is 0 Å². The van der Waals surface area contributed by atoms with Gasteiger partial charge in [0, 0.05) is 24.1 Å². The molecule has 82 valence electrons. The molecule has 1 atom stereocenters. The van der Waals surface area contributed by atoms with Crippen LogP contribution in [-0.2, 0) is 0 Å². The topological polar surface area (TPSA) is 15.3 Å². The van der Waals surface area contributed by atoms with Crippen LogP contribution in [0.15, 0.2) is 16.6 Å². The van der Waals surface area contributed by atoms with E-state index in [1.54, 1.807) is 0 Å². The zero-order chi connectivity index (χ0) is 11.0. The number of hydrogen-bond acceptors (Lipinski definition) is 2. The van der Waals surface area contributed by atoms with Crippen LogP contribution in [0.2, 0.25) is 0 Å². The Morgan fingerprint density at radius 3 is 2.93 bits per heavy atom. The lowest BCUT2D eigenvalue weighted by Crippen LogP contribution is -2.39. The van der Waals surface area contributed by atoms with Crippen LogP contribution in [0.4, 0.5) is 11.4 Å². The van der Waals surface area contributed by atoms with Crippen LogP contribution in [0, 0.1) is 6.92 Å². The molecule has 1 aliphatic heterocycles. The van der Waals surface area contributed by atoms with Crippen LogP contribution in [0.3, 0.4) is 0 Å². The molecule has 15 heavy (non-hydrogen) atoms. The van der Waals surface area contributed by atoms with Crippen molar-refractivity contribution in [3.8, 4) is 0 Å². The van der Waals surface area contributed by atoms with Crippen molar-refractivity contribution in [1.29, 1.82) is 0 Å². The van der Waals surface area contributed by atoms with Crippen LogP contribution >= 0.6 is 15.9 Å². The summed E-state index contributed by atoms with van der Waals surface area (Å²) in [5.74, 6) is 0. The number of fused-ring (bicyclic) bond motifs is 1. The molecule has 1 aromatic carbocycles. The van der Waals surface area contributed by atoms with Crippen LogP contribution in [0.1, 0.15) is 18.9 Å². The fourth-order valence-electron chi connectivity index (χ4n) is 2.12. The molecule has 3 heteroatoms. The molecule has 1 heterocycles. The lowest BCUT2D eigenvalue weighted by molar-refractivity contribution is 0.661. The Morgan fingerprint density at radius 2 is 2.27 bits per heavy atom. The number of benzene rings is 1. The Morgan fingerprint density at radius 1 is 1.53 bits per heavy atom. The van der Waals surface area contributed by atoms with Crippen molar-refractivity contribution < 1.29 is 0 Å². The van der Waals surface area contributed by atoms with Gasteiger partial charge in [0.05, 0.1) is 11.4 Å². The smallest absolute Gasteiger partial charge is 0.0614 e. The number of halogens is 1. The second-order valence-corrected chi connectivity index (χ2v) is 5.16. The fourth-order valence-corrected chi connectivity index (χ4v) is 2.68. The zero-order valence-corrected chi connectivity index (χ0v) is 11.1. The van der Waals surface area contributed by atoms with Gasteiger partial charge in [0.25, 0.3) is 0 Å². The number of likely N-dealkylation sites (N-methyl/N-ethyl adjacent to an activating group) is 1. The summed E-state index contributed by atoms with van der Waals surface area (Å²) in [5, 5.41) is 3.61. The lowest BCUT2D eigenvalue weighted by Gasteiger charge is -2.35. The van der Waals surface area contributed by atoms with E-state index in [4.69, 9.17) is 0 Å². The Bertz CT molecular complexity index is 376. The maximum absolute atomic E-state index is 3.61.